The van der Waals surface area contributed by atoms with Gasteiger partial charge in [-0.05, 0) is 31.0 Å². The molecule has 1 aromatic carbocycles. The predicted octanol–water partition coefficient (Wildman–Crippen LogP) is 2.06. The Morgan fingerprint density at radius 3 is 2.47 bits per heavy atom. The van der Waals surface area contributed by atoms with Crippen LogP contribution < -0.4 is 4.90 Å². The third-order valence-electron chi connectivity index (χ3n) is 5.65. The Hall–Kier alpha value is -2.10. The first-order valence-electron chi connectivity index (χ1n) is 10.2. The maximum absolute atomic E-state index is 12.7. The summed E-state index contributed by atoms with van der Waals surface area (Å²) in [5.41, 5.74) is 1.05. The highest BCUT2D eigenvalue weighted by molar-refractivity contribution is 7.89. The van der Waals surface area contributed by atoms with Gasteiger partial charge in [-0.2, -0.15) is 4.31 Å². The molecule has 8 nitrogen and oxygen atoms in total. The minimum absolute atomic E-state index is 0.0166. The molecule has 0 N–H and O–H groups in total. The zero-order valence-electron chi connectivity index (χ0n) is 16.8. The highest BCUT2D eigenvalue weighted by atomic mass is 35.5. The van der Waals surface area contributed by atoms with Gasteiger partial charge in [-0.1, -0.05) is 24.1 Å². The van der Waals surface area contributed by atoms with Crippen molar-refractivity contribution in [1.29, 1.82) is 0 Å². The topological polar surface area (TPSA) is 78.7 Å². The van der Waals surface area contributed by atoms with Crippen molar-refractivity contribution < 1.29 is 13.2 Å². The van der Waals surface area contributed by atoms with Crippen LogP contribution in [0.25, 0.3) is 0 Å². The van der Waals surface area contributed by atoms with E-state index in [0.717, 1.165) is 38.0 Å². The van der Waals surface area contributed by atoms with E-state index in [4.69, 9.17) is 11.6 Å². The zero-order valence-corrected chi connectivity index (χ0v) is 18.4. The van der Waals surface area contributed by atoms with Crippen LogP contribution in [0.2, 0.25) is 5.02 Å². The van der Waals surface area contributed by atoms with Crippen molar-refractivity contribution in [2.24, 2.45) is 0 Å². The van der Waals surface area contributed by atoms with Gasteiger partial charge in [-0.25, -0.2) is 13.4 Å². The molecule has 0 aliphatic carbocycles. The summed E-state index contributed by atoms with van der Waals surface area (Å²) in [6.45, 7) is 3.82. The van der Waals surface area contributed by atoms with Crippen molar-refractivity contribution >= 4 is 33.2 Å². The summed E-state index contributed by atoms with van der Waals surface area (Å²) >= 11 is 6.07. The predicted molar refractivity (Wildman–Crippen MR) is 115 cm³/mol. The minimum Gasteiger partial charge on any atom is -0.368 e. The minimum atomic E-state index is -3.58. The molecule has 0 radical (unpaired) electrons. The number of hydrogen-bond acceptors (Lipinski definition) is 5. The van der Waals surface area contributed by atoms with E-state index in [9.17, 15) is 13.2 Å². The summed E-state index contributed by atoms with van der Waals surface area (Å²) in [5, 5.41) is 0.712. The van der Waals surface area contributed by atoms with Gasteiger partial charge in [0, 0.05) is 56.2 Å². The van der Waals surface area contributed by atoms with Gasteiger partial charge in [0.2, 0.25) is 5.91 Å². The van der Waals surface area contributed by atoms with Crippen LogP contribution >= 0.6 is 11.6 Å². The van der Waals surface area contributed by atoms with E-state index < -0.39 is 10.0 Å². The number of hydrogen-bond donors (Lipinski definition) is 0. The van der Waals surface area contributed by atoms with Crippen LogP contribution in [0, 0.1) is 0 Å². The van der Waals surface area contributed by atoms with Crippen LogP contribution in [0.5, 0.6) is 0 Å². The van der Waals surface area contributed by atoms with Gasteiger partial charge in [0.15, 0.2) is 5.03 Å². The third kappa shape index (κ3) is 4.63. The second kappa shape index (κ2) is 8.95. The Balaban J connectivity index is 1.34. The normalized spacial score (nSPS) is 18.6. The lowest BCUT2D eigenvalue weighted by Gasteiger charge is -2.36. The number of carbonyl (C=O) groups excluding carboxylic acids is 1. The first kappa shape index (κ1) is 21.1. The number of benzene rings is 1. The molecule has 0 unspecified atom stereocenters. The van der Waals surface area contributed by atoms with E-state index in [2.05, 4.69) is 9.88 Å². The molecule has 0 spiro atoms. The van der Waals surface area contributed by atoms with Crippen LogP contribution in [0.3, 0.4) is 0 Å². The Labute approximate surface area is 182 Å². The molecular weight excluding hydrogens is 426 g/mol. The van der Waals surface area contributed by atoms with Crippen molar-refractivity contribution in [2.45, 2.75) is 30.8 Å². The zero-order chi connectivity index (χ0) is 21.1. The van der Waals surface area contributed by atoms with Crippen LogP contribution in [0.15, 0.2) is 41.8 Å². The molecule has 162 valence electrons. The van der Waals surface area contributed by atoms with E-state index in [1.807, 2.05) is 24.3 Å². The lowest BCUT2D eigenvalue weighted by Crippen LogP contribution is -2.49. The largest absolute Gasteiger partial charge is 0.368 e. The summed E-state index contributed by atoms with van der Waals surface area (Å²) in [5.74, 6) is -0.0416. The van der Waals surface area contributed by atoms with Crippen LogP contribution in [-0.2, 0) is 21.4 Å². The second-order valence-electron chi connectivity index (χ2n) is 7.70. The SMILES string of the molecule is O=C(Cn1cnc(S(=O)(=O)N2CCCCC2)c1)N1CCN(c2cccc(Cl)c2)CC1. The summed E-state index contributed by atoms with van der Waals surface area (Å²) in [6, 6.07) is 7.70. The van der Waals surface area contributed by atoms with Crippen molar-refractivity contribution in [3.05, 3.63) is 41.8 Å². The van der Waals surface area contributed by atoms with E-state index in [1.165, 1.54) is 16.8 Å². The lowest BCUT2D eigenvalue weighted by atomic mass is 10.2. The number of aromatic nitrogens is 2. The maximum Gasteiger partial charge on any atom is 0.262 e. The monoisotopic (exact) mass is 451 g/mol. The van der Waals surface area contributed by atoms with E-state index in [1.54, 1.807) is 9.47 Å². The first-order chi connectivity index (χ1) is 14.4. The van der Waals surface area contributed by atoms with Crippen molar-refractivity contribution in [3.8, 4) is 0 Å². The molecule has 4 rings (SSSR count). The fourth-order valence-electron chi connectivity index (χ4n) is 3.94. The average Bonchev–Trinajstić information content (AvgIpc) is 3.24. The third-order valence-corrected chi connectivity index (χ3v) is 7.67. The Morgan fingerprint density at radius 1 is 1.03 bits per heavy atom. The molecule has 0 bridgehead atoms. The molecule has 30 heavy (non-hydrogen) atoms. The molecule has 1 aromatic heterocycles. The summed E-state index contributed by atoms with van der Waals surface area (Å²) < 4.78 is 28.5. The van der Waals surface area contributed by atoms with E-state index >= 15 is 0 Å². The number of sulfonamides is 1. The molecule has 2 aromatic rings. The molecule has 2 aliphatic heterocycles. The van der Waals surface area contributed by atoms with Gasteiger partial charge in [-0.3, -0.25) is 4.79 Å². The van der Waals surface area contributed by atoms with Gasteiger partial charge in [0.25, 0.3) is 10.0 Å². The number of piperazine rings is 1. The first-order valence-corrected chi connectivity index (χ1v) is 12.1. The highest BCUT2D eigenvalue weighted by Crippen LogP contribution is 2.21. The van der Waals surface area contributed by atoms with E-state index in [-0.39, 0.29) is 17.5 Å². The van der Waals surface area contributed by atoms with Crippen molar-refractivity contribution in [3.63, 3.8) is 0 Å². The second-order valence-corrected chi connectivity index (χ2v) is 10.0. The number of imidazole rings is 1. The number of halogens is 1. The van der Waals surface area contributed by atoms with Crippen LogP contribution in [-0.4, -0.2) is 72.3 Å². The summed E-state index contributed by atoms with van der Waals surface area (Å²) in [7, 11) is -3.58. The van der Waals surface area contributed by atoms with Gasteiger partial charge < -0.3 is 14.4 Å². The number of piperidine rings is 1. The average molecular weight is 452 g/mol. The molecule has 0 saturated carbocycles. The van der Waals surface area contributed by atoms with Gasteiger partial charge in [-0.15, -0.1) is 0 Å². The van der Waals surface area contributed by atoms with Crippen LogP contribution in [0.1, 0.15) is 19.3 Å². The van der Waals surface area contributed by atoms with Gasteiger partial charge >= 0.3 is 0 Å². The number of amides is 1. The Morgan fingerprint density at radius 2 is 1.77 bits per heavy atom. The highest BCUT2D eigenvalue weighted by Gasteiger charge is 2.28. The van der Waals surface area contributed by atoms with Crippen molar-refractivity contribution in [1.82, 2.24) is 18.8 Å². The number of carbonyl (C=O) groups is 1. The molecule has 0 atom stereocenters. The number of rotatable bonds is 5. The van der Waals surface area contributed by atoms with Gasteiger partial charge in [0.1, 0.15) is 6.54 Å². The molecule has 1 amide bonds. The molecule has 2 saturated heterocycles. The van der Waals surface area contributed by atoms with Crippen LogP contribution in [0.4, 0.5) is 5.69 Å². The number of anilines is 1. The standard InChI is InChI=1S/C20H26ClN5O3S/c21-17-5-4-6-18(13-17)24-9-11-25(12-10-24)20(27)15-23-14-19(22-16-23)30(28,29)26-7-2-1-3-8-26/h4-6,13-14,16H,1-3,7-12,15H2. The fraction of sp³-hybridized carbons (Fsp3) is 0.500. The summed E-state index contributed by atoms with van der Waals surface area (Å²) in [4.78, 5) is 20.8. The molecule has 10 heteroatoms. The van der Waals surface area contributed by atoms with Crippen molar-refractivity contribution in [2.75, 3.05) is 44.2 Å². The lowest BCUT2D eigenvalue weighted by molar-refractivity contribution is -0.132. The fourth-order valence-corrected chi connectivity index (χ4v) is 5.58. The Bertz CT molecular complexity index is 995. The maximum atomic E-state index is 12.7. The number of nitrogens with zero attached hydrogens (tertiary/aromatic N) is 5. The Kier molecular flexibility index (Phi) is 6.31. The molecular formula is C20H26ClN5O3S. The molecule has 2 aliphatic rings. The van der Waals surface area contributed by atoms with Gasteiger partial charge in [0.05, 0.1) is 6.33 Å². The smallest absolute Gasteiger partial charge is 0.262 e. The quantitative estimate of drug-likeness (QED) is 0.695. The summed E-state index contributed by atoms with van der Waals surface area (Å²) in [6.07, 6.45) is 5.69. The molecule has 3 heterocycles. The van der Waals surface area contributed by atoms with E-state index in [0.29, 0.717) is 31.2 Å². The molecule has 2 fully saturated rings.